The number of aromatic nitrogens is 4. The number of rotatable bonds is 4. The van der Waals surface area contributed by atoms with Gasteiger partial charge in [0.1, 0.15) is 17.0 Å². The number of methoxy groups -OCH3 is 1. The van der Waals surface area contributed by atoms with Crippen molar-refractivity contribution < 1.29 is 19.3 Å². The van der Waals surface area contributed by atoms with Gasteiger partial charge in [-0.15, -0.1) is 0 Å². The lowest BCUT2D eigenvalue weighted by Crippen LogP contribution is -2.10. The minimum Gasteiger partial charge on any atom is -0.496 e. The first kappa shape index (κ1) is 15.5. The van der Waals surface area contributed by atoms with Crippen LogP contribution in [0.3, 0.4) is 0 Å². The molecule has 124 valence electrons. The number of nitrogens with one attached hydrogen (secondary N) is 1. The number of benzene rings is 1. The lowest BCUT2D eigenvalue weighted by Gasteiger charge is -2.10. The fourth-order valence-corrected chi connectivity index (χ4v) is 2.19. The van der Waals surface area contributed by atoms with E-state index in [0.29, 0.717) is 28.2 Å². The van der Waals surface area contributed by atoms with Crippen molar-refractivity contribution >= 4 is 17.0 Å². The number of carbonyl (C=O) groups is 1. The highest BCUT2D eigenvalue weighted by atomic mass is 17.2. The van der Waals surface area contributed by atoms with Crippen LogP contribution < -0.4 is 15.2 Å². The maximum Gasteiger partial charge on any atom is 0.352 e. The van der Waals surface area contributed by atoms with Gasteiger partial charge < -0.3 is 9.72 Å². The summed E-state index contributed by atoms with van der Waals surface area (Å²) in [4.78, 5) is 39.4. The Kier molecular flexibility index (Phi) is 3.90. The summed E-state index contributed by atoms with van der Waals surface area (Å²) in [5.41, 5.74) is 0.703. The van der Waals surface area contributed by atoms with E-state index in [-0.39, 0.29) is 11.3 Å². The van der Waals surface area contributed by atoms with Crippen LogP contribution >= 0.6 is 0 Å². The quantitative estimate of drug-likeness (QED) is 0.565. The van der Waals surface area contributed by atoms with Crippen LogP contribution in [-0.4, -0.2) is 32.8 Å². The number of nitrogens with zero attached hydrogens (tertiary/aromatic N) is 3. The number of hydrogen-bond acceptors (Lipinski definition) is 7. The van der Waals surface area contributed by atoms with Gasteiger partial charge in [0, 0.05) is 20.0 Å². The van der Waals surface area contributed by atoms with Crippen molar-refractivity contribution in [1.82, 2.24) is 19.7 Å². The van der Waals surface area contributed by atoms with E-state index in [4.69, 9.17) is 9.62 Å². The molecule has 0 spiro atoms. The van der Waals surface area contributed by atoms with Crippen LogP contribution in [0.2, 0.25) is 0 Å². The van der Waals surface area contributed by atoms with Gasteiger partial charge in [-0.1, -0.05) is 0 Å². The normalized spacial score (nSPS) is 10.6. The fraction of sp³-hybridized carbons (Fsp3) is 0.200. The summed E-state index contributed by atoms with van der Waals surface area (Å²) >= 11 is 0. The molecule has 0 atom stereocenters. The molecule has 2 heterocycles. The molecule has 0 fully saturated rings. The van der Waals surface area contributed by atoms with Gasteiger partial charge in [0.15, 0.2) is 11.4 Å². The maximum atomic E-state index is 12.2. The molecule has 1 aromatic carbocycles. The van der Waals surface area contributed by atoms with Crippen molar-refractivity contribution in [3.8, 4) is 22.9 Å². The van der Waals surface area contributed by atoms with E-state index in [0.717, 1.165) is 0 Å². The fourth-order valence-electron chi connectivity index (χ4n) is 2.19. The van der Waals surface area contributed by atoms with Gasteiger partial charge in [0.05, 0.1) is 18.9 Å². The van der Waals surface area contributed by atoms with Crippen molar-refractivity contribution in [2.75, 3.05) is 7.11 Å². The van der Waals surface area contributed by atoms with Gasteiger partial charge in [0.25, 0.3) is 5.56 Å². The first-order chi connectivity index (χ1) is 11.5. The SMILES string of the molecule is COc1cc(OOC(C)=O)ccc1-c1nc2c(cnn2C)c(=O)[nH]1. The minimum absolute atomic E-state index is 0.273. The van der Waals surface area contributed by atoms with E-state index in [1.54, 1.807) is 19.2 Å². The Morgan fingerprint density at radius 3 is 2.83 bits per heavy atom. The van der Waals surface area contributed by atoms with Crippen LogP contribution in [0.15, 0.2) is 29.2 Å². The van der Waals surface area contributed by atoms with Crippen molar-refractivity contribution in [1.29, 1.82) is 0 Å². The summed E-state index contributed by atoms with van der Waals surface area (Å²) in [6, 6.07) is 4.72. The van der Waals surface area contributed by atoms with E-state index in [1.807, 2.05) is 0 Å². The zero-order chi connectivity index (χ0) is 17.3. The van der Waals surface area contributed by atoms with Gasteiger partial charge in [0.2, 0.25) is 0 Å². The predicted molar refractivity (Wildman–Crippen MR) is 83.5 cm³/mol. The molecule has 0 unspecified atom stereocenters. The number of aryl methyl sites for hydroxylation is 1. The highest BCUT2D eigenvalue weighted by Gasteiger charge is 2.14. The molecule has 0 amide bonds. The van der Waals surface area contributed by atoms with E-state index in [1.165, 1.54) is 31.0 Å². The van der Waals surface area contributed by atoms with Crippen molar-refractivity contribution in [3.63, 3.8) is 0 Å². The average molecular weight is 330 g/mol. The molecular formula is C15H14N4O5. The standard InChI is InChI=1S/C15H14N4O5/c1-8(20)23-24-9-4-5-10(12(6-9)22-3)13-17-14-11(15(21)18-13)7-16-19(14)2/h4-7H,1-3H3,(H,17,18,21). The number of aromatic amines is 1. The van der Waals surface area contributed by atoms with Crippen molar-refractivity contribution in [2.24, 2.45) is 7.05 Å². The maximum absolute atomic E-state index is 12.2. The Hall–Kier alpha value is -3.36. The van der Waals surface area contributed by atoms with Gasteiger partial charge >= 0.3 is 5.97 Å². The smallest absolute Gasteiger partial charge is 0.352 e. The Labute approximate surface area is 135 Å². The monoisotopic (exact) mass is 330 g/mol. The molecule has 0 aliphatic rings. The Morgan fingerprint density at radius 2 is 2.12 bits per heavy atom. The number of carbonyl (C=O) groups excluding carboxylic acids is 1. The van der Waals surface area contributed by atoms with Crippen molar-refractivity contribution in [3.05, 3.63) is 34.7 Å². The average Bonchev–Trinajstić information content (AvgIpc) is 2.94. The zero-order valence-corrected chi connectivity index (χ0v) is 13.2. The summed E-state index contributed by atoms with van der Waals surface area (Å²) < 4.78 is 6.82. The molecule has 9 heteroatoms. The topological polar surface area (TPSA) is 108 Å². The van der Waals surface area contributed by atoms with Gasteiger partial charge in [-0.2, -0.15) is 5.10 Å². The number of hydrogen-bond donors (Lipinski definition) is 1. The van der Waals surface area contributed by atoms with E-state index in [2.05, 4.69) is 20.0 Å². The molecule has 3 rings (SSSR count). The van der Waals surface area contributed by atoms with Crippen molar-refractivity contribution in [2.45, 2.75) is 6.92 Å². The van der Waals surface area contributed by atoms with Crippen LogP contribution in [-0.2, 0) is 16.7 Å². The van der Waals surface area contributed by atoms with Crippen LogP contribution in [0.5, 0.6) is 11.5 Å². The lowest BCUT2D eigenvalue weighted by molar-refractivity contribution is -0.210. The second kappa shape index (κ2) is 6.03. The summed E-state index contributed by atoms with van der Waals surface area (Å²) in [6.45, 7) is 1.23. The molecule has 0 saturated heterocycles. The molecule has 3 aromatic rings. The van der Waals surface area contributed by atoms with Gasteiger partial charge in [-0.25, -0.2) is 9.78 Å². The third-order valence-electron chi connectivity index (χ3n) is 3.29. The molecule has 0 aliphatic carbocycles. The highest BCUT2D eigenvalue weighted by Crippen LogP contribution is 2.31. The zero-order valence-electron chi connectivity index (χ0n) is 13.2. The highest BCUT2D eigenvalue weighted by molar-refractivity contribution is 5.77. The van der Waals surface area contributed by atoms with E-state index in [9.17, 15) is 9.59 Å². The molecule has 2 aromatic heterocycles. The summed E-state index contributed by atoms with van der Waals surface area (Å²) in [6.07, 6.45) is 1.46. The first-order valence-corrected chi connectivity index (χ1v) is 6.95. The largest absolute Gasteiger partial charge is 0.496 e. The third-order valence-corrected chi connectivity index (χ3v) is 3.29. The van der Waals surface area contributed by atoms with Crippen LogP contribution in [0.25, 0.3) is 22.4 Å². The molecular weight excluding hydrogens is 316 g/mol. The Balaban J connectivity index is 2.07. The van der Waals surface area contributed by atoms with Crippen LogP contribution in [0.4, 0.5) is 0 Å². The predicted octanol–water partition coefficient (Wildman–Crippen LogP) is 1.19. The molecule has 0 bridgehead atoms. The number of fused-ring (bicyclic) bond motifs is 1. The van der Waals surface area contributed by atoms with E-state index >= 15 is 0 Å². The molecule has 9 nitrogen and oxygen atoms in total. The molecule has 24 heavy (non-hydrogen) atoms. The molecule has 0 saturated carbocycles. The molecule has 0 aliphatic heterocycles. The Morgan fingerprint density at radius 1 is 1.33 bits per heavy atom. The number of H-pyrrole nitrogens is 1. The lowest BCUT2D eigenvalue weighted by atomic mass is 10.1. The summed E-state index contributed by atoms with van der Waals surface area (Å²) in [7, 11) is 3.17. The molecule has 1 N–H and O–H groups in total. The van der Waals surface area contributed by atoms with E-state index < -0.39 is 5.97 Å². The summed E-state index contributed by atoms with van der Waals surface area (Å²) in [5.74, 6) is 0.414. The van der Waals surface area contributed by atoms with Crippen LogP contribution in [0, 0.1) is 0 Å². The van der Waals surface area contributed by atoms with Gasteiger partial charge in [-0.3, -0.25) is 19.3 Å². The second-order valence-corrected chi connectivity index (χ2v) is 4.94. The summed E-state index contributed by atoms with van der Waals surface area (Å²) in [5, 5.41) is 4.42. The third kappa shape index (κ3) is 2.78. The van der Waals surface area contributed by atoms with Crippen LogP contribution in [0.1, 0.15) is 6.92 Å². The second-order valence-electron chi connectivity index (χ2n) is 4.94. The molecule has 0 radical (unpaired) electrons. The Bertz CT molecular complexity index is 976. The van der Waals surface area contributed by atoms with Gasteiger partial charge in [-0.05, 0) is 12.1 Å². The number of ether oxygens (including phenoxy) is 1. The minimum atomic E-state index is -0.578. The first-order valence-electron chi connectivity index (χ1n) is 6.95.